The minimum absolute atomic E-state index is 0.0568. The lowest BCUT2D eigenvalue weighted by Crippen LogP contribution is -2.39. The van der Waals surface area contributed by atoms with Crippen molar-refractivity contribution in [1.82, 2.24) is 19.1 Å². The topological polar surface area (TPSA) is 124 Å². The number of morpholine rings is 1. The lowest BCUT2D eigenvalue weighted by Gasteiger charge is -2.30. The molecule has 1 aromatic carbocycles. The number of hydrogen-bond acceptors (Lipinski definition) is 9. The Balaban J connectivity index is 1.63. The van der Waals surface area contributed by atoms with Gasteiger partial charge in [-0.25, -0.2) is 8.42 Å². The second-order valence-electron chi connectivity index (χ2n) is 8.23. The molecule has 33 heavy (non-hydrogen) atoms. The molecule has 2 aliphatic heterocycles. The van der Waals surface area contributed by atoms with Crippen LogP contribution < -0.4 is 4.90 Å². The van der Waals surface area contributed by atoms with Crippen LogP contribution in [0.25, 0.3) is 0 Å². The normalized spacial score (nSPS) is 20.2. The highest BCUT2D eigenvalue weighted by atomic mass is 32.2. The van der Waals surface area contributed by atoms with Gasteiger partial charge in [0.25, 0.3) is 5.69 Å². The highest BCUT2D eigenvalue weighted by molar-refractivity contribution is 7.99. The summed E-state index contributed by atoms with van der Waals surface area (Å²) in [6.07, 6.45) is 1.76. The van der Waals surface area contributed by atoms with E-state index in [4.69, 9.17) is 4.74 Å². The molecule has 1 aromatic heterocycles. The number of nitro benzene ring substituents is 1. The molecule has 180 valence electrons. The number of anilines is 1. The molecular formula is C20H28N6O5S2. The van der Waals surface area contributed by atoms with Crippen LogP contribution in [0, 0.1) is 16.0 Å². The lowest BCUT2D eigenvalue weighted by molar-refractivity contribution is -0.388. The zero-order valence-corrected chi connectivity index (χ0v) is 20.3. The Labute approximate surface area is 197 Å². The molecule has 1 unspecified atom stereocenters. The van der Waals surface area contributed by atoms with Gasteiger partial charge in [-0.2, -0.15) is 4.31 Å². The van der Waals surface area contributed by atoms with Crippen LogP contribution in [0.4, 0.5) is 11.6 Å². The molecule has 2 aromatic rings. The first-order valence-corrected chi connectivity index (χ1v) is 13.3. The summed E-state index contributed by atoms with van der Waals surface area (Å²) in [6, 6.07) is 4.10. The van der Waals surface area contributed by atoms with Crippen LogP contribution in [0.15, 0.2) is 33.1 Å². The fourth-order valence-corrected chi connectivity index (χ4v) is 6.72. The number of nitro groups is 1. The van der Waals surface area contributed by atoms with Crippen molar-refractivity contribution in [2.75, 3.05) is 44.3 Å². The van der Waals surface area contributed by atoms with Crippen LogP contribution in [0.2, 0.25) is 0 Å². The minimum atomic E-state index is -3.80. The number of hydrogen-bond donors (Lipinski definition) is 0. The van der Waals surface area contributed by atoms with Crippen LogP contribution in [-0.2, 0) is 21.3 Å². The van der Waals surface area contributed by atoms with E-state index in [1.165, 1.54) is 16.4 Å². The number of ether oxygens (including phenoxy) is 1. The molecule has 0 radical (unpaired) electrons. The van der Waals surface area contributed by atoms with Crippen molar-refractivity contribution in [1.29, 1.82) is 0 Å². The number of nitrogens with zero attached hydrogens (tertiary/aromatic N) is 6. The largest absolute Gasteiger partial charge is 0.378 e. The Hall–Kier alpha value is -2.22. The number of piperidine rings is 1. The van der Waals surface area contributed by atoms with E-state index in [0.29, 0.717) is 61.9 Å². The van der Waals surface area contributed by atoms with Crippen molar-refractivity contribution in [3.8, 4) is 0 Å². The Morgan fingerprint density at radius 1 is 1.24 bits per heavy atom. The molecule has 2 saturated heterocycles. The molecule has 0 bridgehead atoms. The minimum Gasteiger partial charge on any atom is -0.378 e. The van der Waals surface area contributed by atoms with Crippen molar-refractivity contribution >= 4 is 33.4 Å². The zero-order chi connectivity index (χ0) is 23.6. The summed E-state index contributed by atoms with van der Waals surface area (Å²) in [5.41, 5.74) is -0.260. The van der Waals surface area contributed by atoms with Crippen LogP contribution in [-0.4, -0.2) is 71.8 Å². The van der Waals surface area contributed by atoms with E-state index < -0.39 is 14.9 Å². The number of benzene rings is 1. The highest BCUT2D eigenvalue weighted by Gasteiger charge is 2.31. The summed E-state index contributed by atoms with van der Waals surface area (Å²) in [5, 5.41) is 20.9. The van der Waals surface area contributed by atoms with Crippen LogP contribution >= 0.6 is 11.8 Å². The average molecular weight is 497 g/mol. The predicted molar refractivity (Wildman–Crippen MR) is 123 cm³/mol. The summed E-state index contributed by atoms with van der Waals surface area (Å²) in [5.74, 6) is 0.962. The van der Waals surface area contributed by atoms with E-state index in [1.807, 2.05) is 18.4 Å². The highest BCUT2D eigenvalue weighted by Crippen LogP contribution is 2.37. The van der Waals surface area contributed by atoms with Gasteiger partial charge in [0.1, 0.15) is 0 Å². The molecule has 0 aliphatic carbocycles. The first-order chi connectivity index (χ1) is 15.8. The molecular weight excluding hydrogens is 468 g/mol. The standard InChI is InChI=1S/C20H28N6O5S2/c1-3-25-19(23-9-11-31-12-10-23)21-22-20(25)32-18-7-6-16(13-17(18)26(27)28)33(29,30)24-8-4-5-15(2)14-24/h6-7,13,15H,3-5,8-12,14H2,1-2H3. The van der Waals surface area contributed by atoms with Gasteiger partial charge < -0.3 is 9.64 Å². The monoisotopic (exact) mass is 496 g/mol. The van der Waals surface area contributed by atoms with Gasteiger partial charge in [0, 0.05) is 38.8 Å². The molecule has 0 saturated carbocycles. The van der Waals surface area contributed by atoms with Crippen LogP contribution in [0.3, 0.4) is 0 Å². The molecule has 0 amide bonds. The first kappa shape index (κ1) is 23.9. The van der Waals surface area contributed by atoms with E-state index in [9.17, 15) is 18.5 Å². The van der Waals surface area contributed by atoms with Gasteiger partial charge >= 0.3 is 0 Å². The van der Waals surface area contributed by atoms with E-state index in [-0.39, 0.29) is 16.5 Å². The van der Waals surface area contributed by atoms with Gasteiger partial charge in [-0.15, -0.1) is 10.2 Å². The zero-order valence-electron chi connectivity index (χ0n) is 18.7. The third kappa shape index (κ3) is 5.00. The number of rotatable bonds is 7. The van der Waals surface area contributed by atoms with Crippen molar-refractivity contribution < 1.29 is 18.1 Å². The smallest absolute Gasteiger partial charge is 0.284 e. The fraction of sp³-hybridized carbons (Fsp3) is 0.600. The maximum atomic E-state index is 13.1. The van der Waals surface area contributed by atoms with E-state index in [1.54, 1.807) is 0 Å². The predicted octanol–water partition coefficient (Wildman–Crippen LogP) is 2.61. The Morgan fingerprint density at radius 3 is 2.67 bits per heavy atom. The van der Waals surface area contributed by atoms with Gasteiger partial charge in [-0.05, 0) is 49.6 Å². The summed E-state index contributed by atoms with van der Waals surface area (Å²) in [6.45, 7) is 8.04. The second kappa shape index (κ2) is 9.95. The molecule has 3 heterocycles. The molecule has 1 atom stereocenters. The van der Waals surface area contributed by atoms with Crippen LogP contribution in [0.1, 0.15) is 26.7 Å². The van der Waals surface area contributed by atoms with Crippen molar-refractivity contribution in [3.63, 3.8) is 0 Å². The van der Waals surface area contributed by atoms with Gasteiger partial charge in [-0.3, -0.25) is 14.7 Å². The summed E-state index contributed by atoms with van der Waals surface area (Å²) >= 11 is 1.12. The van der Waals surface area contributed by atoms with E-state index >= 15 is 0 Å². The molecule has 0 N–H and O–H groups in total. The van der Waals surface area contributed by atoms with E-state index in [0.717, 1.165) is 30.7 Å². The molecule has 11 nitrogen and oxygen atoms in total. The van der Waals surface area contributed by atoms with Gasteiger partial charge in [0.15, 0.2) is 5.16 Å². The third-order valence-corrected chi connectivity index (χ3v) is 8.80. The Bertz CT molecular complexity index is 1120. The molecule has 13 heteroatoms. The maximum Gasteiger partial charge on any atom is 0.284 e. The Morgan fingerprint density at radius 2 is 2.00 bits per heavy atom. The SMILES string of the molecule is CCn1c(Sc2ccc(S(=O)(=O)N3CCCC(C)C3)cc2[N+](=O)[O-])nnc1N1CCOCC1. The van der Waals surface area contributed by atoms with Gasteiger partial charge in [-0.1, -0.05) is 6.92 Å². The summed E-state index contributed by atoms with van der Waals surface area (Å²) in [7, 11) is -3.80. The van der Waals surface area contributed by atoms with Crippen molar-refractivity contribution in [2.45, 2.75) is 48.2 Å². The molecule has 2 aliphatic rings. The summed E-state index contributed by atoms with van der Waals surface area (Å²) < 4.78 is 34.9. The summed E-state index contributed by atoms with van der Waals surface area (Å²) in [4.78, 5) is 13.6. The number of aromatic nitrogens is 3. The maximum absolute atomic E-state index is 13.1. The fourth-order valence-electron chi connectivity index (χ4n) is 4.13. The Kier molecular flexibility index (Phi) is 7.22. The average Bonchev–Trinajstić information content (AvgIpc) is 3.22. The van der Waals surface area contributed by atoms with Crippen molar-refractivity contribution in [2.24, 2.45) is 5.92 Å². The first-order valence-electron chi connectivity index (χ1n) is 11.0. The van der Waals surface area contributed by atoms with Gasteiger partial charge in [0.2, 0.25) is 16.0 Å². The quantitative estimate of drug-likeness (QED) is 0.420. The molecule has 2 fully saturated rings. The van der Waals surface area contributed by atoms with Crippen LogP contribution in [0.5, 0.6) is 0 Å². The van der Waals surface area contributed by atoms with E-state index in [2.05, 4.69) is 15.1 Å². The second-order valence-corrected chi connectivity index (χ2v) is 11.2. The molecule has 4 rings (SSSR count). The lowest BCUT2D eigenvalue weighted by atomic mass is 10.0. The third-order valence-electron chi connectivity index (χ3n) is 5.89. The molecule has 0 spiro atoms. The van der Waals surface area contributed by atoms with Crippen molar-refractivity contribution in [3.05, 3.63) is 28.3 Å². The van der Waals surface area contributed by atoms with Gasteiger partial charge in [0.05, 0.1) is 27.9 Å². The number of sulfonamides is 1.